The fourth-order valence-electron chi connectivity index (χ4n) is 5.26. The van der Waals surface area contributed by atoms with Crippen molar-refractivity contribution in [1.29, 1.82) is 0 Å². The lowest BCUT2D eigenvalue weighted by Gasteiger charge is -2.13. The number of nitro groups is 2. The zero-order valence-corrected chi connectivity index (χ0v) is 22.3. The van der Waals surface area contributed by atoms with E-state index in [2.05, 4.69) is 9.97 Å². The number of pyridine rings is 2. The van der Waals surface area contributed by atoms with Crippen molar-refractivity contribution in [3.05, 3.63) is 116 Å². The van der Waals surface area contributed by atoms with E-state index in [0.29, 0.717) is 0 Å². The minimum absolute atomic E-state index is 0.0421. The Morgan fingerprint density at radius 3 is 1.36 bits per heavy atom. The molecule has 0 unspecified atom stereocenters. The number of carbonyl (C=O) groups is 4. The number of aromatic carboxylic acids is 2. The summed E-state index contributed by atoms with van der Waals surface area (Å²) >= 11 is 0. The first-order valence-corrected chi connectivity index (χ1v) is 12.7. The molecular weight excluding hydrogens is 592 g/mol. The summed E-state index contributed by atoms with van der Waals surface area (Å²) in [4.78, 5) is 81.8. The highest BCUT2D eigenvalue weighted by molar-refractivity contribution is 6.24. The molecule has 0 radical (unpaired) electrons. The zero-order chi connectivity index (χ0) is 32.2. The van der Waals surface area contributed by atoms with E-state index in [9.17, 15) is 49.6 Å². The molecule has 0 aliphatic carbocycles. The maximum atomic E-state index is 13.6. The maximum absolute atomic E-state index is 13.6. The number of hydrogen-bond donors (Lipinski definition) is 2. The van der Waals surface area contributed by atoms with Gasteiger partial charge < -0.3 is 14.9 Å². The highest BCUT2D eigenvalue weighted by atomic mass is 16.6. The van der Waals surface area contributed by atoms with E-state index in [1.165, 1.54) is 36.7 Å². The van der Waals surface area contributed by atoms with Crippen molar-refractivity contribution in [2.75, 3.05) is 0 Å². The summed E-state index contributed by atoms with van der Waals surface area (Å²) in [7, 11) is 0. The smallest absolute Gasteiger partial charge is 0.346 e. The Bertz CT molecular complexity index is 2200. The number of aromatic nitrogens is 2. The molecule has 0 aliphatic heterocycles. The Morgan fingerprint density at radius 2 is 1.00 bits per heavy atom. The van der Waals surface area contributed by atoms with Gasteiger partial charge in [0.2, 0.25) is 0 Å². The predicted molar refractivity (Wildman–Crippen MR) is 155 cm³/mol. The molecule has 0 bridgehead atoms. The number of ether oxygens (including phenoxy) is 1. The topological polar surface area (TPSA) is 230 Å². The molecule has 0 atom stereocenters. The average molecular weight is 606 g/mol. The minimum Gasteiger partial charge on any atom is -0.478 e. The molecule has 2 N–H and O–H groups in total. The minimum atomic E-state index is -1.53. The summed E-state index contributed by atoms with van der Waals surface area (Å²) in [5, 5.41) is 43.4. The number of fused-ring (bicyclic) bond motifs is 6. The Morgan fingerprint density at radius 1 is 0.600 bits per heavy atom. The Kier molecular flexibility index (Phi) is 6.54. The molecule has 6 rings (SSSR count). The van der Waals surface area contributed by atoms with Crippen molar-refractivity contribution in [3.63, 3.8) is 0 Å². The first-order chi connectivity index (χ1) is 21.5. The maximum Gasteiger partial charge on any atom is 0.346 e. The van der Waals surface area contributed by atoms with E-state index in [-0.39, 0.29) is 43.4 Å². The quantitative estimate of drug-likeness (QED) is 0.0806. The lowest BCUT2D eigenvalue weighted by atomic mass is 9.94. The first kappa shape index (κ1) is 28.2. The van der Waals surface area contributed by atoms with Crippen LogP contribution in [0.5, 0.6) is 0 Å². The molecule has 15 heteroatoms. The van der Waals surface area contributed by atoms with Crippen molar-refractivity contribution in [2.24, 2.45) is 0 Å². The molecule has 45 heavy (non-hydrogen) atoms. The highest BCUT2D eigenvalue weighted by Crippen LogP contribution is 2.37. The van der Waals surface area contributed by atoms with Crippen LogP contribution in [0.4, 0.5) is 11.4 Å². The van der Waals surface area contributed by atoms with Crippen LogP contribution in [0.1, 0.15) is 41.4 Å². The van der Waals surface area contributed by atoms with Gasteiger partial charge in [-0.25, -0.2) is 19.2 Å². The molecule has 0 spiro atoms. The van der Waals surface area contributed by atoms with Crippen molar-refractivity contribution >= 4 is 78.6 Å². The fraction of sp³-hybridized carbons (Fsp3) is 0. The van der Waals surface area contributed by atoms with E-state index in [1.807, 2.05) is 0 Å². The van der Waals surface area contributed by atoms with Gasteiger partial charge in [-0.1, -0.05) is 12.1 Å². The largest absolute Gasteiger partial charge is 0.478 e. The molecule has 15 nitrogen and oxygen atoms in total. The van der Waals surface area contributed by atoms with Crippen LogP contribution in [-0.2, 0) is 4.74 Å². The van der Waals surface area contributed by atoms with Gasteiger partial charge in [0.25, 0.3) is 11.4 Å². The van der Waals surface area contributed by atoms with Crippen LogP contribution in [-0.4, -0.2) is 53.9 Å². The van der Waals surface area contributed by atoms with Gasteiger partial charge >= 0.3 is 23.9 Å². The van der Waals surface area contributed by atoms with Gasteiger partial charge in [0.1, 0.15) is 0 Å². The normalized spacial score (nSPS) is 11.1. The predicted octanol–water partition coefficient (Wildman–Crippen LogP) is 5.30. The van der Waals surface area contributed by atoms with Crippen LogP contribution in [0.3, 0.4) is 0 Å². The number of benzene rings is 4. The van der Waals surface area contributed by atoms with Gasteiger partial charge in [-0.3, -0.25) is 30.2 Å². The van der Waals surface area contributed by atoms with Crippen molar-refractivity contribution in [2.45, 2.75) is 0 Å². The third kappa shape index (κ3) is 4.65. The second kappa shape index (κ2) is 10.4. The number of nitrogens with zero attached hydrogens (tertiary/aromatic N) is 4. The van der Waals surface area contributed by atoms with Crippen LogP contribution < -0.4 is 0 Å². The molecule has 6 aromatic rings. The number of esters is 2. The van der Waals surface area contributed by atoms with Crippen molar-refractivity contribution < 1.29 is 44.0 Å². The third-order valence-electron chi connectivity index (χ3n) is 7.11. The van der Waals surface area contributed by atoms with Crippen LogP contribution in [0.25, 0.3) is 43.4 Å². The number of carbonyl (C=O) groups excluding carboxylic acids is 2. The number of non-ortho nitro benzene ring substituents is 2. The number of carboxylic acids is 2. The van der Waals surface area contributed by atoms with Crippen LogP contribution in [0.2, 0.25) is 0 Å². The van der Waals surface area contributed by atoms with Gasteiger partial charge in [-0.05, 0) is 35.0 Å². The Balaban J connectivity index is 1.59. The average Bonchev–Trinajstić information content (AvgIpc) is 3.02. The summed E-state index contributed by atoms with van der Waals surface area (Å²) < 4.78 is 5.06. The first-order valence-electron chi connectivity index (χ1n) is 12.7. The molecular formula is C30H14N4O11. The van der Waals surface area contributed by atoms with Crippen LogP contribution in [0.15, 0.2) is 73.1 Å². The molecule has 2 heterocycles. The highest BCUT2D eigenvalue weighted by Gasteiger charge is 2.29. The van der Waals surface area contributed by atoms with Crippen molar-refractivity contribution in [3.8, 4) is 0 Å². The summed E-state index contributed by atoms with van der Waals surface area (Å²) in [5.41, 5.74) is -3.24. The van der Waals surface area contributed by atoms with Gasteiger partial charge in [0, 0.05) is 58.2 Å². The van der Waals surface area contributed by atoms with E-state index in [0.717, 1.165) is 36.4 Å². The molecule has 2 aromatic heterocycles. The number of rotatable bonds is 6. The summed E-state index contributed by atoms with van der Waals surface area (Å²) in [5.74, 6) is -6.09. The van der Waals surface area contributed by atoms with Crippen LogP contribution in [0, 0.1) is 20.2 Å². The standard InChI is InChI=1S/C30H14N4O11/c35-27(36)19-11-23-15(3-1-5-31-23)17-7-13(33(41)42)9-21(25(17)19)29(39)45-30(40)22-10-14(34(43)44)8-18-16-4-2-6-32-24(16)12-20(26(18)22)28(37)38/h1-12H,(H,35,36)(H,37,38). The van der Waals surface area contributed by atoms with Gasteiger partial charge in [-0.15, -0.1) is 0 Å². The third-order valence-corrected chi connectivity index (χ3v) is 7.11. The molecule has 0 saturated carbocycles. The molecule has 0 aliphatic rings. The summed E-state index contributed by atoms with van der Waals surface area (Å²) in [6, 6.07) is 11.9. The van der Waals surface area contributed by atoms with Crippen molar-refractivity contribution in [1.82, 2.24) is 9.97 Å². The van der Waals surface area contributed by atoms with Crippen LogP contribution >= 0.6 is 0 Å². The molecule has 220 valence electrons. The van der Waals surface area contributed by atoms with Gasteiger partial charge in [0.05, 0.1) is 43.1 Å². The summed E-state index contributed by atoms with van der Waals surface area (Å²) in [6.45, 7) is 0. The molecule has 0 amide bonds. The second-order valence-corrected chi connectivity index (χ2v) is 9.62. The Labute approximate surface area is 248 Å². The van der Waals surface area contributed by atoms with Gasteiger partial charge in [-0.2, -0.15) is 0 Å². The zero-order valence-electron chi connectivity index (χ0n) is 22.3. The fourth-order valence-corrected chi connectivity index (χ4v) is 5.26. The Hall–Kier alpha value is -6.90. The number of carboxylic acid groups (broad SMARTS) is 2. The summed E-state index contributed by atoms with van der Waals surface area (Å²) in [6.07, 6.45) is 2.75. The lowest BCUT2D eigenvalue weighted by molar-refractivity contribution is -0.384. The molecule has 4 aromatic carbocycles. The van der Waals surface area contributed by atoms with E-state index in [4.69, 9.17) is 4.74 Å². The lowest BCUT2D eigenvalue weighted by Crippen LogP contribution is -2.16. The monoisotopic (exact) mass is 606 g/mol. The van der Waals surface area contributed by atoms with E-state index in [1.54, 1.807) is 0 Å². The van der Waals surface area contributed by atoms with Gasteiger partial charge in [0.15, 0.2) is 0 Å². The number of hydrogen-bond acceptors (Lipinski definition) is 11. The second-order valence-electron chi connectivity index (χ2n) is 9.62. The number of nitro benzene ring substituents is 2. The molecule has 0 fully saturated rings. The SMILES string of the molecule is O=C(O)c1cc2ncccc2c2cc([N+](=O)[O-])cc(C(=O)OC(=O)c3cc([N+](=O)[O-])cc4c3c(C(=O)O)cc3ncccc34)c12. The van der Waals surface area contributed by atoms with E-state index < -0.39 is 67.4 Å². The van der Waals surface area contributed by atoms with E-state index >= 15 is 0 Å². The molecule has 0 saturated heterocycles.